The first-order chi connectivity index (χ1) is 10.7. The number of carbonyl (C=O) groups excluding carboxylic acids is 1. The highest BCUT2D eigenvalue weighted by Crippen LogP contribution is 2.29. The van der Waals surface area contributed by atoms with Gasteiger partial charge in [0.15, 0.2) is 0 Å². The number of methoxy groups -OCH3 is 2. The van der Waals surface area contributed by atoms with Crippen molar-refractivity contribution in [1.82, 2.24) is 10.6 Å². The third kappa shape index (κ3) is 4.11. The highest BCUT2D eigenvalue weighted by Gasteiger charge is 2.22. The lowest BCUT2D eigenvalue weighted by molar-refractivity contribution is -0.124. The van der Waals surface area contributed by atoms with E-state index in [9.17, 15) is 9.90 Å². The molecule has 1 fully saturated rings. The molecule has 0 radical (unpaired) electrons. The summed E-state index contributed by atoms with van der Waals surface area (Å²) in [7, 11) is 3.11. The van der Waals surface area contributed by atoms with E-state index in [1.165, 1.54) is 0 Å². The standard InChI is InChI=1S/C16H24N2O4/c1-21-11-6-7-15(22-2)12(9-11)14(19)10-18-16(20)13-5-3-4-8-17-13/h6-7,9,13-14,17,19H,3-5,8,10H2,1-2H3,(H,18,20). The summed E-state index contributed by atoms with van der Waals surface area (Å²) in [6.45, 7) is 1.00. The van der Waals surface area contributed by atoms with Gasteiger partial charge in [-0.3, -0.25) is 4.79 Å². The van der Waals surface area contributed by atoms with Gasteiger partial charge < -0.3 is 25.2 Å². The van der Waals surface area contributed by atoms with Crippen LogP contribution in [0.4, 0.5) is 0 Å². The fourth-order valence-electron chi connectivity index (χ4n) is 2.61. The summed E-state index contributed by atoms with van der Waals surface area (Å²) in [6, 6.07) is 5.06. The van der Waals surface area contributed by atoms with Crippen molar-refractivity contribution in [3.8, 4) is 11.5 Å². The van der Waals surface area contributed by atoms with E-state index in [0.29, 0.717) is 17.1 Å². The summed E-state index contributed by atoms with van der Waals surface area (Å²) in [5.41, 5.74) is 0.596. The molecule has 0 spiro atoms. The van der Waals surface area contributed by atoms with Crippen molar-refractivity contribution in [2.24, 2.45) is 0 Å². The Balaban J connectivity index is 1.96. The van der Waals surface area contributed by atoms with Gasteiger partial charge in [0.05, 0.1) is 26.4 Å². The Morgan fingerprint density at radius 3 is 2.86 bits per heavy atom. The van der Waals surface area contributed by atoms with Gasteiger partial charge in [0, 0.05) is 12.1 Å². The number of aliphatic hydroxyl groups is 1. The van der Waals surface area contributed by atoms with E-state index in [1.54, 1.807) is 32.4 Å². The maximum absolute atomic E-state index is 12.1. The number of nitrogens with one attached hydrogen (secondary N) is 2. The molecule has 1 amide bonds. The van der Waals surface area contributed by atoms with Crippen molar-refractivity contribution < 1.29 is 19.4 Å². The van der Waals surface area contributed by atoms with Crippen LogP contribution in [0, 0.1) is 0 Å². The minimum absolute atomic E-state index is 0.0689. The number of rotatable bonds is 6. The number of piperidine rings is 1. The Bertz CT molecular complexity index is 501. The van der Waals surface area contributed by atoms with Crippen LogP contribution in [0.1, 0.15) is 30.9 Å². The van der Waals surface area contributed by atoms with Crippen LogP contribution in [0.25, 0.3) is 0 Å². The third-order valence-electron chi connectivity index (χ3n) is 3.89. The normalized spacial score (nSPS) is 19.3. The SMILES string of the molecule is COc1ccc(OC)c(C(O)CNC(=O)C2CCCCN2)c1. The fourth-order valence-corrected chi connectivity index (χ4v) is 2.61. The Morgan fingerprint density at radius 1 is 1.41 bits per heavy atom. The van der Waals surface area contributed by atoms with Crippen molar-refractivity contribution in [3.63, 3.8) is 0 Å². The molecule has 2 unspecified atom stereocenters. The smallest absolute Gasteiger partial charge is 0.237 e. The maximum Gasteiger partial charge on any atom is 0.237 e. The van der Waals surface area contributed by atoms with Crippen LogP contribution in [0.3, 0.4) is 0 Å². The van der Waals surface area contributed by atoms with Crippen LogP contribution >= 0.6 is 0 Å². The Morgan fingerprint density at radius 2 is 2.23 bits per heavy atom. The zero-order chi connectivity index (χ0) is 15.9. The molecule has 0 saturated carbocycles. The Labute approximate surface area is 130 Å². The molecule has 2 rings (SSSR count). The average molecular weight is 308 g/mol. The number of carbonyl (C=O) groups is 1. The van der Waals surface area contributed by atoms with Crippen LogP contribution < -0.4 is 20.1 Å². The zero-order valence-corrected chi connectivity index (χ0v) is 13.1. The number of ether oxygens (including phenoxy) is 2. The molecule has 1 saturated heterocycles. The number of benzene rings is 1. The van der Waals surface area contributed by atoms with E-state index in [1.807, 2.05) is 0 Å². The molecule has 0 aliphatic carbocycles. The molecule has 3 N–H and O–H groups in total. The van der Waals surface area contributed by atoms with Crippen molar-refractivity contribution in [2.45, 2.75) is 31.4 Å². The van der Waals surface area contributed by atoms with Gasteiger partial charge in [-0.2, -0.15) is 0 Å². The van der Waals surface area contributed by atoms with Gasteiger partial charge in [0.2, 0.25) is 5.91 Å². The van der Waals surface area contributed by atoms with Crippen molar-refractivity contribution in [2.75, 3.05) is 27.3 Å². The van der Waals surface area contributed by atoms with Crippen molar-refractivity contribution >= 4 is 5.91 Å². The molecule has 22 heavy (non-hydrogen) atoms. The van der Waals surface area contributed by atoms with Gasteiger partial charge in [0.25, 0.3) is 0 Å². The fraction of sp³-hybridized carbons (Fsp3) is 0.562. The van der Waals surface area contributed by atoms with Gasteiger partial charge in [0.1, 0.15) is 11.5 Å². The maximum atomic E-state index is 12.1. The summed E-state index contributed by atoms with van der Waals surface area (Å²) >= 11 is 0. The van der Waals surface area contributed by atoms with E-state index in [2.05, 4.69) is 10.6 Å². The predicted octanol–water partition coefficient (Wildman–Crippen LogP) is 0.995. The topological polar surface area (TPSA) is 79.8 Å². The lowest BCUT2D eigenvalue weighted by Gasteiger charge is -2.23. The summed E-state index contributed by atoms with van der Waals surface area (Å²) < 4.78 is 10.4. The molecular formula is C16H24N2O4. The number of hydrogen-bond acceptors (Lipinski definition) is 5. The molecule has 0 aromatic heterocycles. The van der Waals surface area contributed by atoms with E-state index in [4.69, 9.17) is 9.47 Å². The average Bonchev–Trinajstić information content (AvgIpc) is 2.59. The molecule has 1 heterocycles. The predicted molar refractivity (Wildman–Crippen MR) is 83.2 cm³/mol. The molecule has 1 aliphatic heterocycles. The Kier molecular flexibility index (Phi) is 6.03. The van der Waals surface area contributed by atoms with E-state index >= 15 is 0 Å². The third-order valence-corrected chi connectivity index (χ3v) is 3.89. The summed E-state index contributed by atoms with van der Waals surface area (Å²) in [5, 5.41) is 16.3. The molecule has 1 aliphatic rings. The number of hydrogen-bond donors (Lipinski definition) is 3. The molecule has 1 aromatic rings. The molecule has 6 nitrogen and oxygen atoms in total. The first-order valence-corrected chi connectivity index (χ1v) is 7.56. The van der Waals surface area contributed by atoms with E-state index < -0.39 is 6.10 Å². The molecule has 122 valence electrons. The van der Waals surface area contributed by atoms with Crippen LogP contribution in [-0.2, 0) is 4.79 Å². The Hall–Kier alpha value is -1.79. The van der Waals surface area contributed by atoms with Gasteiger partial charge in [-0.25, -0.2) is 0 Å². The second-order valence-corrected chi connectivity index (χ2v) is 5.37. The number of aliphatic hydroxyl groups excluding tert-OH is 1. The van der Waals surface area contributed by atoms with E-state index in [0.717, 1.165) is 25.8 Å². The lowest BCUT2D eigenvalue weighted by atomic mass is 10.0. The highest BCUT2D eigenvalue weighted by atomic mass is 16.5. The first kappa shape index (κ1) is 16.6. The molecular weight excluding hydrogens is 284 g/mol. The minimum Gasteiger partial charge on any atom is -0.497 e. The molecule has 6 heteroatoms. The summed E-state index contributed by atoms with van der Waals surface area (Å²) in [4.78, 5) is 12.1. The minimum atomic E-state index is -0.849. The van der Waals surface area contributed by atoms with Gasteiger partial charge >= 0.3 is 0 Å². The highest BCUT2D eigenvalue weighted by molar-refractivity contribution is 5.81. The van der Waals surface area contributed by atoms with Crippen LogP contribution in [-0.4, -0.2) is 44.4 Å². The van der Waals surface area contributed by atoms with Crippen LogP contribution in [0.2, 0.25) is 0 Å². The summed E-state index contributed by atoms with van der Waals surface area (Å²) in [5.74, 6) is 1.13. The molecule has 2 atom stereocenters. The summed E-state index contributed by atoms with van der Waals surface area (Å²) in [6.07, 6.45) is 2.15. The second-order valence-electron chi connectivity index (χ2n) is 5.37. The quantitative estimate of drug-likeness (QED) is 0.730. The van der Waals surface area contributed by atoms with Gasteiger partial charge in [-0.05, 0) is 37.6 Å². The first-order valence-electron chi connectivity index (χ1n) is 7.56. The zero-order valence-electron chi connectivity index (χ0n) is 13.1. The monoisotopic (exact) mass is 308 g/mol. The second kappa shape index (κ2) is 8.00. The van der Waals surface area contributed by atoms with Gasteiger partial charge in [-0.15, -0.1) is 0 Å². The number of amides is 1. The largest absolute Gasteiger partial charge is 0.497 e. The molecule has 1 aromatic carbocycles. The van der Waals surface area contributed by atoms with Crippen LogP contribution in [0.15, 0.2) is 18.2 Å². The van der Waals surface area contributed by atoms with Crippen molar-refractivity contribution in [1.29, 1.82) is 0 Å². The van der Waals surface area contributed by atoms with Gasteiger partial charge in [-0.1, -0.05) is 6.42 Å². The lowest BCUT2D eigenvalue weighted by Crippen LogP contribution is -2.47. The van der Waals surface area contributed by atoms with Crippen molar-refractivity contribution in [3.05, 3.63) is 23.8 Å². The van der Waals surface area contributed by atoms with E-state index in [-0.39, 0.29) is 18.5 Å². The van der Waals surface area contributed by atoms with Crippen LogP contribution in [0.5, 0.6) is 11.5 Å². The molecule has 0 bridgehead atoms.